The first kappa shape index (κ1) is 21.3. The summed E-state index contributed by atoms with van der Waals surface area (Å²) in [6, 6.07) is 1.83. The van der Waals surface area contributed by atoms with Crippen LogP contribution in [0.1, 0.15) is 25.7 Å². The number of amides is 1. The fourth-order valence-electron chi connectivity index (χ4n) is 3.44. The molecule has 0 bridgehead atoms. The van der Waals surface area contributed by atoms with Crippen molar-refractivity contribution in [3.63, 3.8) is 0 Å². The molecule has 0 radical (unpaired) electrons. The summed E-state index contributed by atoms with van der Waals surface area (Å²) in [6.07, 6.45) is 2.88. The number of halogens is 3. The van der Waals surface area contributed by atoms with E-state index in [1.165, 1.54) is 12.8 Å². The van der Waals surface area contributed by atoms with Crippen molar-refractivity contribution in [1.29, 1.82) is 0 Å². The number of anilines is 1. The molecule has 1 aromatic rings. The molecule has 29 heavy (non-hydrogen) atoms. The lowest BCUT2D eigenvalue weighted by Gasteiger charge is -2.47. The molecule has 1 saturated carbocycles. The van der Waals surface area contributed by atoms with Crippen LogP contribution in [0.25, 0.3) is 0 Å². The molecule has 4 rings (SSSR count). The summed E-state index contributed by atoms with van der Waals surface area (Å²) in [5.74, 6) is -1.07. The molecule has 1 N–H and O–H groups in total. The predicted molar refractivity (Wildman–Crippen MR) is 95.2 cm³/mol. The Morgan fingerprint density at radius 3 is 2.34 bits per heavy atom. The molecule has 1 spiro atoms. The van der Waals surface area contributed by atoms with Crippen molar-refractivity contribution in [1.82, 2.24) is 14.9 Å². The lowest BCUT2D eigenvalue weighted by atomic mass is 9.89. The summed E-state index contributed by atoms with van der Waals surface area (Å²) >= 11 is 0. The number of piperidine rings is 1. The van der Waals surface area contributed by atoms with Gasteiger partial charge in [0.25, 0.3) is 0 Å². The van der Waals surface area contributed by atoms with Gasteiger partial charge in [-0.15, -0.1) is 0 Å². The molecule has 8 nitrogen and oxygen atoms in total. The second-order valence-electron chi connectivity index (χ2n) is 7.53. The number of morpholine rings is 1. The number of carbonyl (C=O) groups excluding carboxylic acids is 1. The van der Waals surface area contributed by atoms with Crippen molar-refractivity contribution in [2.24, 2.45) is 5.92 Å². The van der Waals surface area contributed by atoms with Gasteiger partial charge < -0.3 is 19.6 Å². The van der Waals surface area contributed by atoms with Gasteiger partial charge in [-0.25, -0.2) is 14.8 Å². The van der Waals surface area contributed by atoms with Crippen LogP contribution in [0.4, 0.5) is 19.1 Å². The van der Waals surface area contributed by atoms with Crippen molar-refractivity contribution in [3.8, 4) is 0 Å². The first-order valence-electron chi connectivity index (χ1n) is 9.42. The van der Waals surface area contributed by atoms with Gasteiger partial charge in [-0.3, -0.25) is 4.79 Å². The topological polar surface area (TPSA) is 95.9 Å². The van der Waals surface area contributed by atoms with E-state index in [-0.39, 0.29) is 18.1 Å². The zero-order valence-electron chi connectivity index (χ0n) is 15.8. The largest absolute Gasteiger partial charge is 0.490 e. The molecule has 1 aromatic heterocycles. The third-order valence-corrected chi connectivity index (χ3v) is 5.26. The smallest absolute Gasteiger partial charge is 0.475 e. The third kappa shape index (κ3) is 5.78. The molecular formula is C18H23F3N4O4. The van der Waals surface area contributed by atoms with Crippen LogP contribution in [0.15, 0.2) is 18.5 Å². The molecule has 3 aliphatic rings. The van der Waals surface area contributed by atoms with Crippen molar-refractivity contribution in [2.45, 2.75) is 37.5 Å². The van der Waals surface area contributed by atoms with Crippen LogP contribution in [0.5, 0.6) is 0 Å². The minimum Gasteiger partial charge on any atom is -0.475 e. The number of aliphatic carboxylic acids is 1. The molecule has 3 heterocycles. The van der Waals surface area contributed by atoms with E-state index in [2.05, 4.69) is 14.9 Å². The molecule has 2 saturated heterocycles. The van der Waals surface area contributed by atoms with E-state index in [1.54, 1.807) is 12.4 Å². The number of carboxylic acid groups (broad SMARTS) is 1. The summed E-state index contributed by atoms with van der Waals surface area (Å²) in [5.41, 5.74) is -0.159. The van der Waals surface area contributed by atoms with Crippen LogP contribution in [0.3, 0.4) is 0 Å². The first-order chi connectivity index (χ1) is 13.7. The predicted octanol–water partition coefficient (Wildman–Crippen LogP) is 1.72. The van der Waals surface area contributed by atoms with Crippen LogP contribution in [0, 0.1) is 5.92 Å². The minimum atomic E-state index is -5.08. The molecule has 3 fully saturated rings. The Morgan fingerprint density at radius 1 is 1.24 bits per heavy atom. The molecule has 160 valence electrons. The van der Waals surface area contributed by atoms with E-state index in [1.807, 2.05) is 11.0 Å². The third-order valence-electron chi connectivity index (χ3n) is 5.26. The van der Waals surface area contributed by atoms with Crippen LogP contribution in [-0.4, -0.2) is 76.4 Å². The van der Waals surface area contributed by atoms with E-state index in [9.17, 15) is 18.0 Å². The molecule has 1 amide bonds. The normalized spacial score (nSPS) is 21.6. The molecule has 1 aliphatic carbocycles. The van der Waals surface area contributed by atoms with Crippen molar-refractivity contribution in [3.05, 3.63) is 18.5 Å². The maximum Gasteiger partial charge on any atom is 0.490 e. The first-order valence-corrected chi connectivity index (χ1v) is 9.42. The van der Waals surface area contributed by atoms with E-state index in [0.717, 1.165) is 50.9 Å². The number of ether oxygens (including phenoxy) is 1. The van der Waals surface area contributed by atoms with Gasteiger partial charge in [-0.1, -0.05) is 0 Å². The molecule has 2 aliphatic heterocycles. The average Bonchev–Trinajstić information content (AvgIpc) is 3.50. The summed E-state index contributed by atoms with van der Waals surface area (Å²) in [5, 5.41) is 7.12. The van der Waals surface area contributed by atoms with Gasteiger partial charge in [-0.05, 0) is 37.7 Å². The van der Waals surface area contributed by atoms with Crippen molar-refractivity contribution < 1.29 is 32.6 Å². The fraction of sp³-hybridized carbons (Fsp3) is 0.667. The van der Waals surface area contributed by atoms with Crippen molar-refractivity contribution in [2.75, 3.05) is 37.7 Å². The minimum absolute atomic E-state index is 0.159. The Morgan fingerprint density at radius 2 is 1.83 bits per heavy atom. The van der Waals surface area contributed by atoms with Crippen LogP contribution < -0.4 is 4.90 Å². The molecule has 11 heteroatoms. The highest BCUT2D eigenvalue weighted by Gasteiger charge is 2.43. The van der Waals surface area contributed by atoms with E-state index >= 15 is 0 Å². The maximum atomic E-state index is 12.0. The number of rotatable bonds is 3. The molecular weight excluding hydrogens is 393 g/mol. The van der Waals surface area contributed by atoms with E-state index in [4.69, 9.17) is 14.6 Å². The lowest BCUT2D eigenvalue weighted by Crippen LogP contribution is -2.59. The van der Waals surface area contributed by atoms with Crippen molar-refractivity contribution >= 4 is 17.8 Å². The Bertz CT molecular complexity index is 720. The van der Waals surface area contributed by atoms with Gasteiger partial charge in [0, 0.05) is 38.6 Å². The van der Waals surface area contributed by atoms with Gasteiger partial charge in [0.1, 0.15) is 6.61 Å². The summed E-state index contributed by atoms with van der Waals surface area (Å²) in [7, 11) is 0. The second-order valence-corrected chi connectivity index (χ2v) is 7.53. The number of carboxylic acids is 1. The molecule has 0 aromatic carbocycles. The zero-order chi connectivity index (χ0) is 21.1. The van der Waals surface area contributed by atoms with Crippen LogP contribution >= 0.6 is 0 Å². The monoisotopic (exact) mass is 416 g/mol. The zero-order valence-corrected chi connectivity index (χ0v) is 15.8. The van der Waals surface area contributed by atoms with Gasteiger partial charge in [0.2, 0.25) is 11.9 Å². The molecule has 0 atom stereocenters. The second kappa shape index (κ2) is 8.52. The van der Waals surface area contributed by atoms with Gasteiger partial charge in [-0.2, -0.15) is 13.2 Å². The average molecular weight is 416 g/mol. The Balaban J connectivity index is 0.000000298. The van der Waals surface area contributed by atoms with Gasteiger partial charge in [0.05, 0.1) is 5.60 Å². The maximum absolute atomic E-state index is 12.0. The summed E-state index contributed by atoms with van der Waals surface area (Å²) < 4.78 is 37.7. The van der Waals surface area contributed by atoms with E-state index < -0.39 is 12.1 Å². The number of hydrogen-bond acceptors (Lipinski definition) is 6. The van der Waals surface area contributed by atoms with E-state index in [0.29, 0.717) is 0 Å². The summed E-state index contributed by atoms with van der Waals surface area (Å²) in [4.78, 5) is 33.8. The Hall–Kier alpha value is -2.43. The highest BCUT2D eigenvalue weighted by Crippen LogP contribution is 2.35. The number of alkyl halides is 3. The number of nitrogens with zero attached hydrogens (tertiary/aromatic N) is 4. The van der Waals surface area contributed by atoms with Crippen LogP contribution in [-0.2, 0) is 14.3 Å². The lowest BCUT2D eigenvalue weighted by molar-refractivity contribution is -0.192. The van der Waals surface area contributed by atoms with Crippen LogP contribution in [0.2, 0.25) is 0 Å². The quantitative estimate of drug-likeness (QED) is 0.802. The SMILES string of the molecule is O=C(O)C(F)(F)F.O=C1COC2(CCN(c3ncccn3)CC2)CN1CC1CC1. The Labute approximate surface area is 165 Å². The van der Waals surface area contributed by atoms with Gasteiger partial charge in [0.15, 0.2) is 0 Å². The number of hydrogen-bond donors (Lipinski definition) is 1. The standard InChI is InChI=1S/C16H22N4O2.C2HF3O2/c21-14-11-22-16(12-20(14)10-13-2-3-13)4-8-19(9-5-16)15-17-6-1-7-18-15;3-2(4,5)1(6)7/h1,6-7,13H,2-5,8-12H2;(H,6,7). The Kier molecular flexibility index (Phi) is 6.25. The highest BCUT2D eigenvalue weighted by molar-refractivity contribution is 5.78. The highest BCUT2D eigenvalue weighted by atomic mass is 19.4. The number of aromatic nitrogens is 2. The summed E-state index contributed by atoms with van der Waals surface area (Å²) in [6.45, 7) is 3.70. The molecule has 0 unspecified atom stereocenters. The number of carbonyl (C=O) groups is 2. The fourth-order valence-corrected chi connectivity index (χ4v) is 3.44. The van der Waals surface area contributed by atoms with Gasteiger partial charge >= 0.3 is 12.1 Å².